The smallest absolute Gasteiger partial charge is 0.276 e. The normalized spacial score (nSPS) is 17.6. The fourth-order valence-electron chi connectivity index (χ4n) is 2.61. The number of aromatic nitrogens is 2. The van der Waals surface area contributed by atoms with Gasteiger partial charge in [-0.3, -0.25) is 9.89 Å². The van der Waals surface area contributed by atoms with E-state index < -0.39 is 10.2 Å². The van der Waals surface area contributed by atoms with E-state index in [-0.39, 0.29) is 12.5 Å². The third kappa shape index (κ3) is 2.96. The van der Waals surface area contributed by atoms with Crippen LogP contribution in [-0.2, 0) is 10.2 Å². The average molecular weight is 323 g/mol. The minimum atomic E-state index is -3.70. The number of H-pyrrole nitrogens is 1. The summed E-state index contributed by atoms with van der Waals surface area (Å²) in [6.45, 7) is 1.40. The van der Waals surface area contributed by atoms with Crippen LogP contribution in [0.5, 0.6) is 0 Å². The van der Waals surface area contributed by atoms with Gasteiger partial charge in [-0.25, -0.2) is 5.14 Å². The quantitative estimate of drug-likeness (QED) is 0.804. The summed E-state index contributed by atoms with van der Waals surface area (Å²) in [5.41, 5.74) is 1.44. The largest absolute Gasteiger partial charge is 0.337 e. The SMILES string of the molecule is NS(=O)(=O)N1CCCN(C(=O)c2ccc3[nH]ncc3c2)CC1. The summed E-state index contributed by atoms with van der Waals surface area (Å²) < 4.78 is 24.0. The fourth-order valence-corrected chi connectivity index (χ4v) is 3.33. The van der Waals surface area contributed by atoms with Crippen LogP contribution >= 0.6 is 0 Å². The highest BCUT2D eigenvalue weighted by molar-refractivity contribution is 7.86. The van der Waals surface area contributed by atoms with Gasteiger partial charge in [-0.15, -0.1) is 0 Å². The molecule has 1 aliphatic rings. The Balaban J connectivity index is 1.77. The average Bonchev–Trinajstić information content (AvgIpc) is 2.78. The second-order valence-corrected chi connectivity index (χ2v) is 6.81. The molecule has 0 radical (unpaired) electrons. The van der Waals surface area contributed by atoms with Crippen molar-refractivity contribution >= 4 is 27.0 Å². The van der Waals surface area contributed by atoms with Crippen LogP contribution in [0.1, 0.15) is 16.8 Å². The van der Waals surface area contributed by atoms with Gasteiger partial charge >= 0.3 is 0 Å². The maximum Gasteiger partial charge on any atom is 0.276 e. The van der Waals surface area contributed by atoms with Crippen LogP contribution in [0.2, 0.25) is 0 Å². The van der Waals surface area contributed by atoms with E-state index in [1.807, 2.05) is 6.07 Å². The highest BCUT2D eigenvalue weighted by Crippen LogP contribution is 2.16. The fraction of sp³-hybridized carbons (Fsp3) is 0.385. The van der Waals surface area contributed by atoms with Crippen molar-refractivity contribution in [2.45, 2.75) is 6.42 Å². The molecule has 1 amide bonds. The molecular formula is C13H17N5O3S. The number of hydrogen-bond donors (Lipinski definition) is 2. The van der Waals surface area contributed by atoms with Crippen molar-refractivity contribution < 1.29 is 13.2 Å². The second-order valence-electron chi connectivity index (χ2n) is 5.26. The Hall–Kier alpha value is -1.97. The molecule has 22 heavy (non-hydrogen) atoms. The van der Waals surface area contributed by atoms with Gasteiger partial charge in [0.2, 0.25) is 0 Å². The molecule has 0 spiro atoms. The highest BCUT2D eigenvalue weighted by atomic mass is 32.2. The number of nitrogens with one attached hydrogen (secondary N) is 1. The van der Waals surface area contributed by atoms with E-state index >= 15 is 0 Å². The molecule has 0 unspecified atom stereocenters. The molecule has 0 saturated carbocycles. The van der Waals surface area contributed by atoms with Gasteiger partial charge in [-0.2, -0.15) is 17.8 Å². The standard InChI is InChI=1S/C13H17N5O3S/c14-22(20,21)18-5-1-4-17(6-7-18)13(19)10-2-3-12-11(8-10)9-15-16-12/h2-3,8-9H,1,4-7H2,(H,15,16)(H2,14,20,21). The predicted octanol–water partition coefficient (Wildman–Crippen LogP) is -0.0857. The van der Waals surface area contributed by atoms with Gasteiger partial charge < -0.3 is 4.90 Å². The first-order valence-electron chi connectivity index (χ1n) is 6.95. The van der Waals surface area contributed by atoms with Crippen molar-refractivity contribution in [3.8, 4) is 0 Å². The molecule has 2 heterocycles. The van der Waals surface area contributed by atoms with Crippen LogP contribution in [0.25, 0.3) is 10.9 Å². The number of carbonyl (C=O) groups excluding carboxylic acids is 1. The van der Waals surface area contributed by atoms with Gasteiger partial charge in [0.1, 0.15) is 0 Å². The zero-order valence-electron chi connectivity index (χ0n) is 11.9. The van der Waals surface area contributed by atoms with E-state index in [4.69, 9.17) is 5.14 Å². The van der Waals surface area contributed by atoms with Crippen molar-refractivity contribution in [2.24, 2.45) is 5.14 Å². The van der Waals surface area contributed by atoms with E-state index in [9.17, 15) is 13.2 Å². The number of rotatable bonds is 2. The Morgan fingerprint density at radius 1 is 1.23 bits per heavy atom. The van der Waals surface area contributed by atoms with Crippen LogP contribution in [0, 0.1) is 0 Å². The summed E-state index contributed by atoms with van der Waals surface area (Å²) in [6, 6.07) is 5.33. The number of amides is 1. The number of fused-ring (bicyclic) bond motifs is 1. The Morgan fingerprint density at radius 3 is 2.82 bits per heavy atom. The predicted molar refractivity (Wildman–Crippen MR) is 81.3 cm³/mol. The second kappa shape index (κ2) is 5.67. The van der Waals surface area contributed by atoms with E-state index in [1.54, 1.807) is 23.2 Å². The van der Waals surface area contributed by atoms with Crippen LogP contribution < -0.4 is 5.14 Å². The third-order valence-corrected chi connectivity index (χ3v) is 4.87. The lowest BCUT2D eigenvalue weighted by atomic mass is 10.1. The van der Waals surface area contributed by atoms with E-state index in [0.717, 1.165) is 10.9 Å². The van der Waals surface area contributed by atoms with Crippen molar-refractivity contribution in [3.05, 3.63) is 30.0 Å². The third-order valence-electron chi connectivity index (χ3n) is 3.79. The molecule has 0 atom stereocenters. The Kier molecular flexibility index (Phi) is 3.85. The van der Waals surface area contributed by atoms with Gasteiger partial charge in [-0.05, 0) is 24.6 Å². The van der Waals surface area contributed by atoms with Crippen LogP contribution in [-0.4, -0.2) is 59.9 Å². The molecular weight excluding hydrogens is 306 g/mol. The molecule has 118 valence electrons. The van der Waals surface area contributed by atoms with Crippen LogP contribution in [0.15, 0.2) is 24.4 Å². The van der Waals surface area contributed by atoms with Crippen molar-refractivity contribution in [2.75, 3.05) is 26.2 Å². The lowest BCUT2D eigenvalue weighted by Gasteiger charge is -2.21. The first-order chi connectivity index (χ1) is 10.4. The van der Waals surface area contributed by atoms with E-state index in [1.165, 1.54) is 4.31 Å². The van der Waals surface area contributed by atoms with Crippen molar-refractivity contribution in [1.82, 2.24) is 19.4 Å². The summed E-state index contributed by atoms with van der Waals surface area (Å²) in [5, 5.41) is 12.8. The molecule has 0 bridgehead atoms. The monoisotopic (exact) mass is 323 g/mol. The lowest BCUT2D eigenvalue weighted by Crippen LogP contribution is -2.40. The Labute approximate surface area is 128 Å². The summed E-state index contributed by atoms with van der Waals surface area (Å²) in [5.74, 6) is -0.112. The zero-order valence-corrected chi connectivity index (χ0v) is 12.7. The van der Waals surface area contributed by atoms with Gasteiger partial charge in [0, 0.05) is 37.1 Å². The minimum absolute atomic E-state index is 0.112. The first-order valence-corrected chi connectivity index (χ1v) is 8.46. The van der Waals surface area contributed by atoms with Crippen molar-refractivity contribution in [1.29, 1.82) is 0 Å². The molecule has 1 saturated heterocycles. The zero-order chi connectivity index (χ0) is 15.7. The molecule has 3 N–H and O–H groups in total. The molecule has 1 fully saturated rings. The van der Waals surface area contributed by atoms with Gasteiger partial charge in [0.15, 0.2) is 0 Å². The molecule has 1 aromatic heterocycles. The Bertz CT molecular complexity index is 801. The number of hydrogen-bond acceptors (Lipinski definition) is 4. The molecule has 1 aliphatic heterocycles. The lowest BCUT2D eigenvalue weighted by molar-refractivity contribution is 0.0764. The number of benzene rings is 1. The first kappa shape index (κ1) is 14.9. The topological polar surface area (TPSA) is 112 Å². The minimum Gasteiger partial charge on any atom is -0.337 e. The maximum atomic E-state index is 12.6. The van der Waals surface area contributed by atoms with Crippen LogP contribution in [0.4, 0.5) is 0 Å². The summed E-state index contributed by atoms with van der Waals surface area (Å²) >= 11 is 0. The number of nitrogens with zero attached hydrogens (tertiary/aromatic N) is 3. The number of aromatic amines is 1. The Morgan fingerprint density at radius 2 is 2.05 bits per heavy atom. The molecule has 8 nitrogen and oxygen atoms in total. The summed E-state index contributed by atoms with van der Waals surface area (Å²) in [4.78, 5) is 14.2. The highest BCUT2D eigenvalue weighted by Gasteiger charge is 2.24. The maximum absolute atomic E-state index is 12.6. The van der Waals surface area contributed by atoms with Gasteiger partial charge in [0.25, 0.3) is 16.1 Å². The van der Waals surface area contributed by atoms with Crippen LogP contribution in [0.3, 0.4) is 0 Å². The molecule has 1 aromatic carbocycles. The molecule has 3 rings (SSSR count). The number of carbonyl (C=O) groups is 1. The van der Waals surface area contributed by atoms with Gasteiger partial charge in [-0.1, -0.05) is 0 Å². The van der Waals surface area contributed by atoms with E-state index in [0.29, 0.717) is 31.6 Å². The van der Waals surface area contributed by atoms with E-state index in [2.05, 4.69) is 10.2 Å². The van der Waals surface area contributed by atoms with Crippen molar-refractivity contribution in [3.63, 3.8) is 0 Å². The summed E-state index contributed by atoms with van der Waals surface area (Å²) in [7, 11) is -3.70. The molecule has 9 heteroatoms. The molecule has 0 aliphatic carbocycles. The number of nitrogens with two attached hydrogens (primary N) is 1. The van der Waals surface area contributed by atoms with Gasteiger partial charge in [0.05, 0.1) is 11.7 Å². The molecule has 2 aromatic rings. The summed E-state index contributed by atoms with van der Waals surface area (Å²) in [6.07, 6.45) is 2.23.